The third-order valence-corrected chi connectivity index (χ3v) is 5.05. The summed E-state index contributed by atoms with van der Waals surface area (Å²) in [5.41, 5.74) is 2.81. The lowest BCUT2D eigenvalue weighted by molar-refractivity contribution is -0.149. The molecule has 0 bridgehead atoms. The average molecular weight is 424 g/mol. The number of hydrogen-bond donors (Lipinski definition) is 2. The molecular formula is C24H28N2O5. The number of para-hydroxylation sites is 1. The fraction of sp³-hybridized carbons (Fsp3) is 0.375. The van der Waals surface area contributed by atoms with Crippen LogP contribution in [0.4, 0.5) is 5.69 Å². The molecule has 2 aromatic carbocycles. The van der Waals surface area contributed by atoms with Crippen LogP contribution < -0.4 is 15.4 Å². The average Bonchev–Trinajstić information content (AvgIpc) is 3.23. The highest BCUT2D eigenvalue weighted by molar-refractivity contribution is 6.04. The number of carbonyl (C=O) groups is 3. The number of nitrogens with one attached hydrogen (secondary N) is 2. The minimum atomic E-state index is -0.651. The Morgan fingerprint density at radius 2 is 1.65 bits per heavy atom. The highest BCUT2D eigenvalue weighted by atomic mass is 16.6. The van der Waals surface area contributed by atoms with Crippen molar-refractivity contribution in [3.8, 4) is 5.75 Å². The van der Waals surface area contributed by atoms with Crippen LogP contribution in [0.2, 0.25) is 0 Å². The third kappa shape index (κ3) is 6.84. The number of hydrogen-bond acceptors (Lipinski definition) is 5. The number of ether oxygens (including phenoxy) is 2. The summed E-state index contributed by atoms with van der Waals surface area (Å²) in [4.78, 5) is 36.7. The van der Waals surface area contributed by atoms with Gasteiger partial charge in [-0.15, -0.1) is 0 Å². The highest BCUT2D eigenvalue weighted by Gasteiger charge is 2.20. The second-order valence-electron chi connectivity index (χ2n) is 7.82. The molecule has 0 aliphatic heterocycles. The fourth-order valence-corrected chi connectivity index (χ4v) is 3.66. The molecule has 2 aromatic rings. The van der Waals surface area contributed by atoms with Crippen LogP contribution in [-0.4, -0.2) is 37.0 Å². The molecule has 7 nitrogen and oxygen atoms in total. The molecule has 0 heterocycles. The first-order chi connectivity index (χ1) is 14.9. The van der Waals surface area contributed by atoms with Crippen LogP contribution in [0.1, 0.15) is 47.2 Å². The van der Waals surface area contributed by atoms with E-state index in [1.807, 2.05) is 32.0 Å². The molecular weight excluding hydrogens is 396 g/mol. The van der Waals surface area contributed by atoms with Crippen LogP contribution in [0.15, 0.2) is 42.5 Å². The number of benzene rings is 2. The molecule has 1 aliphatic carbocycles. The van der Waals surface area contributed by atoms with Gasteiger partial charge in [-0.05, 0) is 62.1 Å². The van der Waals surface area contributed by atoms with Crippen LogP contribution in [0, 0.1) is 13.8 Å². The molecule has 0 radical (unpaired) electrons. The van der Waals surface area contributed by atoms with Crippen molar-refractivity contribution in [2.45, 2.75) is 45.6 Å². The number of esters is 1. The van der Waals surface area contributed by atoms with Gasteiger partial charge in [-0.1, -0.05) is 31.0 Å². The maximum Gasteiger partial charge on any atom is 0.344 e. The van der Waals surface area contributed by atoms with Gasteiger partial charge in [-0.2, -0.15) is 0 Å². The molecule has 0 aromatic heterocycles. The Balaban J connectivity index is 1.48. The number of aryl methyl sites for hydroxylation is 2. The van der Waals surface area contributed by atoms with Crippen molar-refractivity contribution < 1.29 is 23.9 Å². The van der Waals surface area contributed by atoms with Gasteiger partial charge in [0.2, 0.25) is 0 Å². The fourth-order valence-electron chi connectivity index (χ4n) is 3.66. The molecule has 164 valence electrons. The zero-order chi connectivity index (χ0) is 22.2. The summed E-state index contributed by atoms with van der Waals surface area (Å²) in [6, 6.07) is 12.6. The topological polar surface area (TPSA) is 93.7 Å². The second kappa shape index (κ2) is 10.6. The molecule has 1 fully saturated rings. The van der Waals surface area contributed by atoms with Crippen molar-refractivity contribution in [2.75, 3.05) is 18.5 Å². The number of anilines is 1. The van der Waals surface area contributed by atoms with E-state index >= 15 is 0 Å². The Morgan fingerprint density at radius 1 is 0.968 bits per heavy atom. The van der Waals surface area contributed by atoms with Crippen LogP contribution in [0.3, 0.4) is 0 Å². The van der Waals surface area contributed by atoms with Gasteiger partial charge >= 0.3 is 5.97 Å². The van der Waals surface area contributed by atoms with Crippen LogP contribution in [0.5, 0.6) is 5.75 Å². The molecule has 0 unspecified atom stereocenters. The summed E-state index contributed by atoms with van der Waals surface area (Å²) in [6.45, 7) is 3.12. The van der Waals surface area contributed by atoms with Crippen LogP contribution in [-0.2, 0) is 14.3 Å². The predicted molar refractivity (Wildman–Crippen MR) is 117 cm³/mol. The summed E-state index contributed by atoms with van der Waals surface area (Å²) in [5.74, 6) is -0.829. The van der Waals surface area contributed by atoms with E-state index in [4.69, 9.17) is 9.47 Å². The van der Waals surface area contributed by atoms with E-state index in [9.17, 15) is 14.4 Å². The zero-order valence-corrected chi connectivity index (χ0v) is 17.9. The van der Waals surface area contributed by atoms with E-state index in [0.717, 1.165) is 36.8 Å². The van der Waals surface area contributed by atoms with Gasteiger partial charge in [0.05, 0.1) is 11.3 Å². The largest absolute Gasteiger partial charge is 0.482 e. The smallest absolute Gasteiger partial charge is 0.344 e. The van der Waals surface area contributed by atoms with Gasteiger partial charge in [0.1, 0.15) is 5.75 Å². The Morgan fingerprint density at radius 3 is 2.35 bits per heavy atom. The van der Waals surface area contributed by atoms with Crippen LogP contribution >= 0.6 is 0 Å². The SMILES string of the molecule is Cc1cc(C)cc(OCC(=O)OCC(=O)Nc2ccccc2C(=O)NC2CCCC2)c1. The van der Waals surface area contributed by atoms with Gasteiger partial charge in [0.25, 0.3) is 11.8 Å². The Hall–Kier alpha value is -3.35. The molecule has 1 aliphatic rings. The summed E-state index contributed by atoms with van der Waals surface area (Å²) in [7, 11) is 0. The standard InChI is InChI=1S/C24H28N2O5/c1-16-11-17(2)13-19(12-16)30-15-23(28)31-14-22(27)26-21-10-6-5-9-20(21)24(29)25-18-7-3-4-8-18/h5-6,9-13,18H,3-4,7-8,14-15H2,1-2H3,(H,25,29)(H,26,27). The van der Waals surface area contributed by atoms with Crippen molar-refractivity contribution in [3.05, 3.63) is 59.2 Å². The van der Waals surface area contributed by atoms with E-state index < -0.39 is 18.5 Å². The summed E-state index contributed by atoms with van der Waals surface area (Å²) in [6.07, 6.45) is 4.17. The molecule has 7 heteroatoms. The zero-order valence-electron chi connectivity index (χ0n) is 17.9. The van der Waals surface area contributed by atoms with Crippen molar-refractivity contribution >= 4 is 23.5 Å². The van der Waals surface area contributed by atoms with Gasteiger partial charge in [-0.3, -0.25) is 9.59 Å². The molecule has 2 N–H and O–H groups in total. The lowest BCUT2D eigenvalue weighted by Crippen LogP contribution is -2.33. The molecule has 1 saturated carbocycles. The van der Waals surface area contributed by atoms with Crippen molar-refractivity contribution in [1.82, 2.24) is 5.32 Å². The quantitative estimate of drug-likeness (QED) is 0.632. The number of rotatable bonds is 8. The maximum absolute atomic E-state index is 12.6. The Kier molecular flexibility index (Phi) is 7.65. The molecule has 0 saturated heterocycles. The van der Waals surface area contributed by atoms with E-state index in [0.29, 0.717) is 17.0 Å². The van der Waals surface area contributed by atoms with Gasteiger partial charge < -0.3 is 20.1 Å². The molecule has 2 amide bonds. The Labute approximate surface area is 182 Å². The first-order valence-corrected chi connectivity index (χ1v) is 10.5. The highest BCUT2D eigenvalue weighted by Crippen LogP contribution is 2.20. The second-order valence-corrected chi connectivity index (χ2v) is 7.82. The lowest BCUT2D eigenvalue weighted by Gasteiger charge is -2.15. The summed E-state index contributed by atoms with van der Waals surface area (Å²) < 4.78 is 10.4. The number of amides is 2. The summed E-state index contributed by atoms with van der Waals surface area (Å²) in [5, 5.41) is 5.65. The normalized spacial score (nSPS) is 13.5. The molecule has 3 rings (SSSR count). The molecule has 0 spiro atoms. The van der Waals surface area contributed by atoms with Crippen LogP contribution in [0.25, 0.3) is 0 Å². The minimum Gasteiger partial charge on any atom is -0.482 e. The first kappa shape index (κ1) is 22.3. The van der Waals surface area contributed by atoms with Gasteiger partial charge in [0.15, 0.2) is 13.2 Å². The lowest BCUT2D eigenvalue weighted by atomic mass is 10.1. The van der Waals surface area contributed by atoms with Crippen molar-refractivity contribution in [3.63, 3.8) is 0 Å². The Bertz CT molecular complexity index is 930. The van der Waals surface area contributed by atoms with E-state index in [1.54, 1.807) is 24.3 Å². The van der Waals surface area contributed by atoms with E-state index in [1.165, 1.54) is 0 Å². The van der Waals surface area contributed by atoms with Gasteiger partial charge in [0, 0.05) is 6.04 Å². The monoisotopic (exact) mass is 424 g/mol. The minimum absolute atomic E-state index is 0.175. The first-order valence-electron chi connectivity index (χ1n) is 10.5. The predicted octanol–water partition coefficient (Wildman–Crippen LogP) is 3.54. The van der Waals surface area contributed by atoms with E-state index in [-0.39, 0.29) is 18.6 Å². The maximum atomic E-state index is 12.6. The van der Waals surface area contributed by atoms with Crippen molar-refractivity contribution in [2.24, 2.45) is 0 Å². The van der Waals surface area contributed by atoms with E-state index in [2.05, 4.69) is 10.6 Å². The molecule has 0 atom stereocenters. The number of carbonyl (C=O) groups excluding carboxylic acids is 3. The van der Waals surface area contributed by atoms with Gasteiger partial charge in [-0.25, -0.2) is 4.79 Å². The molecule has 31 heavy (non-hydrogen) atoms. The van der Waals surface area contributed by atoms with Crippen molar-refractivity contribution in [1.29, 1.82) is 0 Å². The third-order valence-electron chi connectivity index (χ3n) is 5.05. The summed E-state index contributed by atoms with van der Waals surface area (Å²) >= 11 is 0.